The number of rotatable bonds is 5. The number of hydrogen-bond donors (Lipinski definition) is 3. The van der Waals surface area contributed by atoms with Gasteiger partial charge in [-0.05, 0) is 29.8 Å². The van der Waals surface area contributed by atoms with Gasteiger partial charge in [0, 0.05) is 10.6 Å². The number of carbonyl (C=O) groups excluding carboxylic acids is 1. The van der Waals surface area contributed by atoms with Gasteiger partial charge in [-0.15, -0.1) is 11.3 Å². The zero-order valence-corrected chi connectivity index (χ0v) is 12.5. The highest BCUT2D eigenvalue weighted by Gasteiger charge is 2.04. The zero-order chi connectivity index (χ0) is 15.2. The van der Waals surface area contributed by atoms with Gasteiger partial charge in [0.1, 0.15) is 0 Å². The van der Waals surface area contributed by atoms with Crippen molar-refractivity contribution in [1.82, 2.24) is 5.32 Å². The second-order valence-electron chi connectivity index (χ2n) is 4.28. The van der Waals surface area contributed by atoms with Crippen molar-refractivity contribution in [3.8, 4) is 0 Å². The van der Waals surface area contributed by atoms with E-state index in [2.05, 4.69) is 10.6 Å². The molecular weight excluding hydrogens is 312 g/mol. The van der Waals surface area contributed by atoms with E-state index in [1.165, 1.54) is 11.3 Å². The third kappa shape index (κ3) is 5.09. The van der Waals surface area contributed by atoms with E-state index in [0.29, 0.717) is 22.1 Å². The summed E-state index contributed by atoms with van der Waals surface area (Å²) in [6.07, 6.45) is -0.0361. The molecular formula is C14H13ClN2O3S. The normalized spacial score (nSPS) is 10.1. The summed E-state index contributed by atoms with van der Waals surface area (Å²) in [7, 11) is 0. The maximum Gasteiger partial charge on any atom is 0.319 e. The minimum Gasteiger partial charge on any atom is -0.481 e. The smallest absolute Gasteiger partial charge is 0.319 e. The molecule has 2 aromatic rings. The lowest BCUT2D eigenvalue weighted by Crippen LogP contribution is -2.27. The summed E-state index contributed by atoms with van der Waals surface area (Å²) in [5.74, 6) is -0.886. The lowest BCUT2D eigenvalue weighted by Gasteiger charge is -2.07. The van der Waals surface area contributed by atoms with Gasteiger partial charge in [0.2, 0.25) is 0 Å². The first-order chi connectivity index (χ1) is 10.0. The van der Waals surface area contributed by atoms with Gasteiger partial charge < -0.3 is 15.7 Å². The quantitative estimate of drug-likeness (QED) is 0.789. The summed E-state index contributed by atoms with van der Waals surface area (Å²) in [6.45, 7) is 0.403. The fourth-order valence-corrected chi connectivity index (χ4v) is 2.70. The summed E-state index contributed by atoms with van der Waals surface area (Å²) in [6, 6.07) is 9.98. The van der Waals surface area contributed by atoms with Crippen molar-refractivity contribution in [2.24, 2.45) is 0 Å². The van der Waals surface area contributed by atoms with Crippen molar-refractivity contribution in [2.45, 2.75) is 13.0 Å². The van der Waals surface area contributed by atoms with E-state index in [-0.39, 0.29) is 12.5 Å². The second kappa shape index (κ2) is 7.10. The highest BCUT2D eigenvalue weighted by Crippen LogP contribution is 2.21. The molecule has 3 N–H and O–H groups in total. The first kappa shape index (κ1) is 15.3. The third-order valence-electron chi connectivity index (χ3n) is 2.62. The molecule has 7 heteroatoms. The molecule has 0 unspecified atom stereocenters. The zero-order valence-electron chi connectivity index (χ0n) is 10.9. The number of carboxylic acid groups (broad SMARTS) is 1. The molecule has 0 aliphatic carbocycles. The van der Waals surface area contributed by atoms with E-state index in [1.54, 1.807) is 30.3 Å². The first-order valence-electron chi connectivity index (χ1n) is 6.13. The Morgan fingerprint density at radius 1 is 1.14 bits per heavy atom. The fraction of sp³-hybridized carbons (Fsp3) is 0.143. The number of hydrogen-bond acceptors (Lipinski definition) is 3. The average Bonchev–Trinajstić information content (AvgIpc) is 2.84. The molecule has 0 saturated carbocycles. The van der Waals surface area contributed by atoms with Gasteiger partial charge in [-0.1, -0.05) is 23.7 Å². The van der Waals surface area contributed by atoms with Crippen LogP contribution < -0.4 is 10.6 Å². The van der Waals surface area contributed by atoms with Gasteiger partial charge in [-0.2, -0.15) is 0 Å². The molecule has 5 nitrogen and oxygen atoms in total. The number of carboxylic acids is 1. The van der Waals surface area contributed by atoms with Crippen molar-refractivity contribution in [3.05, 3.63) is 51.2 Å². The van der Waals surface area contributed by atoms with Crippen LogP contribution in [0.4, 0.5) is 10.5 Å². The summed E-state index contributed by atoms with van der Waals surface area (Å²) < 4.78 is 0.682. The lowest BCUT2D eigenvalue weighted by atomic mass is 10.1. The van der Waals surface area contributed by atoms with E-state index >= 15 is 0 Å². The fourth-order valence-electron chi connectivity index (χ4n) is 1.67. The monoisotopic (exact) mass is 324 g/mol. The summed E-state index contributed by atoms with van der Waals surface area (Å²) in [5.41, 5.74) is 1.28. The van der Waals surface area contributed by atoms with Crippen LogP contribution in [0.1, 0.15) is 10.4 Å². The Morgan fingerprint density at radius 2 is 1.86 bits per heavy atom. The molecule has 0 saturated heterocycles. The van der Waals surface area contributed by atoms with Crippen LogP contribution in [0.3, 0.4) is 0 Å². The molecule has 1 aromatic carbocycles. The number of thiophene rings is 1. The molecule has 0 bridgehead atoms. The molecule has 2 rings (SSSR count). The van der Waals surface area contributed by atoms with Crippen molar-refractivity contribution < 1.29 is 14.7 Å². The van der Waals surface area contributed by atoms with Crippen LogP contribution >= 0.6 is 22.9 Å². The van der Waals surface area contributed by atoms with Crippen molar-refractivity contribution >= 4 is 40.6 Å². The van der Waals surface area contributed by atoms with E-state index < -0.39 is 5.97 Å². The Morgan fingerprint density at radius 3 is 2.43 bits per heavy atom. The van der Waals surface area contributed by atoms with E-state index in [9.17, 15) is 9.59 Å². The summed E-state index contributed by atoms with van der Waals surface area (Å²) >= 11 is 7.22. The maximum atomic E-state index is 11.7. The number of benzene rings is 1. The highest BCUT2D eigenvalue weighted by atomic mass is 35.5. The van der Waals surface area contributed by atoms with Crippen molar-refractivity contribution in [2.75, 3.05) is 5.32 Å². The minimum absolute atomic E-state index is 0.0361. The predicted octanol–water partition coefficient (Wildman–Crippen LogP) is 3.35. The Bertz CT molecular complexity index is 640. The van der Waals surface area contributed by atoms with Crippen molar-refractivity contribution in [1.29, 1.82) is 0 Å². The van der Waals surface area contributed by atoms with E-state index in [4.69, 9.17) is 16.7 Å². The second-order valence-corrected chi connectivity index (χ2v) is 6.08. The van der Waals surface area contributed by atoms with Gasteiger partial charge in [0.05, 0.1) is 17.3 Å². The van der Waals surface area contributed by atoms with Gasteiger partial charge >= 0.3 is 12.0 Å². The summed E-state index contributed by atoms with van der Waals surface area (Å²) in [4.78, 5) is 23.2. The largest absolute Gasteiger partial charge is 0.481 e. The minimum atomic E-state index is -0.886. The number of aliphatic carboxylic acids is 1. The third-order valence-corrected chi connectivity index (χ3v) is 3.85. The molecule has 0 radical (unpaired) electrons. The molecule has 110 valence electrons. The van der Waals surface area contributed by atoms with Gasteiger partial charge in [-0.3, -0.25) is 4.79 Å². The lowest BCUT2D eigenvalue weighted by molar-refractivity contribution is -0.136. The van der Waals surface area contributed by atoms with E-state index in [0.717, 1.165) is 4.88 Å². The van der Waals surface area contributed by atoms with Crippen LogP contribution in [0.5, 0.6) is 0 Å². The van der Waals surface area contributed by atoms with Crippen LogP contribution in [-0.2, 0) is 17.8 Å². The number of halogens is 1. The first-order valence-corrected chi connectivity index (χ1v) is 7.32. The number of anilines is 1. The Hall–Kier alpha value is -2.05. The van der Waals surface area contributed by atoms with Crippen LogP contribution in [0, 0.1) is 0 Å². The Kier molecular flexibility index (Phi) is 5.19. The number of amides is 2. The molecule has 0 fully saturated rings. The number of nitrogens with one attached hydrogen (secondary N) is 2. The molecule has 1 heterocycles. The highest BCUT2D eigenvalue weighted by molar-refractivity contribution is 7.16. The molecule has 0 aliphatic rings. The molecule has 21 heavy (non-hydrogen) atoms. The summed E-state index contributed by atoms with van der Waals surface area (Å²) in [5, 5.41) is 14.1. The van der Waals surface area contributed by atoms with Crippen LogP contribution in [-0.4, -0.2) is 17.1 Å². The average molecular weight is 325 g/mol. The Labute approximate surface area is 130 Å². The Balaban J connectivity index is 1.83. The SMILES string of the molecule is O=C(O)Cc1ccc(NC(=O)NCc2ccc(Cl)s2)cc1. The van der Waals surface area contributed by atoms with Crippen LogP contribution in [0.15, 0.2) is 36.4 Å². The predicted molar refractivity (Wildman–Crippen MR) is 83.0 cm³/mol. The number of carbonyl (C=O) groups is 2. The van der Waals surface area contributed by atoms with Crippen LogP contribution in [0.25, 0.3) is 0 Å². The molecule has 2 amide bonds. The molecule has 1 aromatic heterocycles. The van der Waals surface area contributed by atoms with E-state index in [1.807, 2.05) is 6.07 Å². The topological polar surface area (TPSA) is 78.4 Å². The van der Waals surface area contributed by atoms with Gasteiger partial charge in [-0.25, -0.2) is 4.79 Å². The maximum absolute atomic E-state index is 11.7. The number of urea groups is 1. The van der Waals surface area contributed by atoms with Crippen molar-refractivity contribution in [3.63, 3.8) is 0 Å². The van der Waals surface area contributed by atoms with Crippen LogP contribution in [0.2, 0.25) is 4.34 Å². The van der Waals surface area contributed by atoms with Gasteiger partial charge in [0.15, 0.2) is 0 Å². The molecule has 0 aliphatic heterocycles. The standard InChI is InChI=1S/C14H13ClN2O3S/c15-12-6-5-11(21-12)8-16-14(20)17-10-3-1-9(2-4-10)7-13(18)19/h1-6H,7-8H2,(H,18,19)(H2,16,17,20). The molecule has 0 atom stereocenters. The molecule has 0 spiro atoms. The van der Waals surface area contributed by atoms with Gasteiger partial charge in [0.25, 0.3) is 0 Å².